The Hall–Kier alpha value is -2.53. The van der Waals surface area contributed by atoms with Gasteiger partial charge in [-0.15, -0.1) is 0 Å². The first kappa shape index (κ1) is 21.7. The lowest BCUT2D eigenvalue weighted by molar-refractivity contribution is -0.131. The molecule has 31 heavy (non-hydrogen) atoms. The van der Waals surface area contributed by atoms with Gasteiger partial charge in [-0.05, 0) is 44.5 Å². The Balaban J connectivity index is 1.56. The first-order chi connectivity index (χ1) is 14.8. The summed E-state index contributed by atoms with van der Waals surface area (Å²) in [5.41, 5.74) is 1.22. The third-order valence-corrected chi connectivity index (χ3v) is 8.16. The SMILES string of the molecule is CCN(C(=O)C(C)Sc1ncnc2c1cnn2-c1ccc(F)cc1)C1CCS(=O)(=O)C1. The van der Waals surface area contributed by atoms with Gasteiger partial charge in [-0.1, -0.05) is 11.8 Å². The Morgan fingerprint density at radius 1 is 1.32 bits per heavy atom. The molecule has 0 spiro atoms. The highest BCUT2D eigenvalue weighted by atomic mass is 32.2. The lowest BCUT2D eigenvalue weighted by Crippen LogP contribution is -2.44. The maximum atomic E-state index is 13.2. The summed E-state index contributed by atoms with van der Waals surface area (Å²) in [5, 5.41) is 5.18. The van der Waals surface area contributed by atoms with Crippen molar-refractivity contribution in [2.45, 2.75) is 36.6 Å². The number of nitrogens with zero attached hydrogens (tertiary/aromatic N) is 5. The van der Waals surface area contributed by atoms with Gasteiger partial charge in [0.25, 0.3) is 0 Å². The van der Waals surface area contributed by atoms with Crippen LogP contribution >= 0.6 is 11.8 Å². The van der Waals surface area contributed by atoms with Crippen molar-refractivity contribution in [2.75, 3.05) is 18.1 Å². The van der Waals surface area contributed by atoms with Crippen LogP contribution < -0.4 is 0 Å². The summed E-state index contributed by atoms with van der Waals surface area (Å²) < 4.78 is 38.5. The summed E-state index contributed by atoms with van der Waals surface area (Å²) in [6, 6.07) is 5.64. The molecule has 0 bridgehead atoms. The number of carbonyl (C=O) groups excluding carboxylic acids is 1. The number of hydrogen-bond donors (Lipinski definition) is 0. The Morgan fingerprint density at radius 2 is 2.06 bits per heavy atom. The van der Waals surface area contributed by atoms with E-state index in [1.807, 2.05) is 6.92 Å². The second-order valence-electron chi connectivity index (χ2n) is 7.39. The van der Waals surface area contributed by atoms with Gasteiger partial charge in [0.1, 0.15) is 17.2 Å². The van der Waals surface area contributed by atoms with Crippen LogP contribution in [0.3, 0.4) is 0 Å². The molecule has 3 aromatic rings. The first-order valence-electron chi connectivity index (χ1n) is 9.91. The van der Waals surface area contributed by atoms with E-state index in [-0.39, 0.29) is 29.3 Å². The van der Waals surface area contributed by atoms with Crippen LogP contribution in [0, 0.1) is 5.82 Å². The molecule has 3 heterocycles. The summed E-state index contributed by atoms with van der Waals surface area (Å²) in [7, 11) is -3.08. The van der Waals surface area contributed by atoms with Gasteiger partial charge in [-0.3, -0.25) is 4.79 Å². The highest BCUT2D eigenvalue weighted by Crippen LogP contribution is 2.30. The minimum Gasteiger partial charge on any atom is -0.338 e. The van der Waals surface area contributed by atoms with Crippen LogP contribution in [0.15, 0.2) is 41.8 Å². The van der Waals surface area contributed by atoms with Gasteiger partial charge in [0, 0.05) is 12.6 Å². The molecule has 1 saturated heterocycles. The van der Waals surface area contributed by atoms with Gasteiger partial charge in [0.15, 0.2) is 15.5 Å². The molecule has 8 nitrogen and oxygen atoms in total. The fourth-order valence-electron chi connectivity index (χ4n) is 3.75. The normalized spacial score (nSPS) is 18.9. The molecule has 0 N–H and O–H groups in total. The number of benzene rings is 1. The van der Waals surface area contributed by atoms with Crippen molar-refractivity contribution in [3.8, 4) is 5.69 Å². The van der Waals surface area contributed by atoms with Crippen molar-refractivity contribution in [2.24, 2.45) is 0 Å². The van der Waals surface area contributed by atoms with Gasteiger partial charge >= 0.3 is 0 Å². The van der Waals surface area contributed by atoms with Gasteiger partial charge in [-0.2, -0.15) is 5.10 Å². The molecule has 1 amide bonds. The van der Waals surface area contributed by atoms with E-state index in [1.165, 1.54) is 30.2 Å². The van der Waals surface area contributed by atoms with Crippen LogP contribution in [-0.2, 0) is 14.6 Å². The van der Waals surface area contributed by atoms with Crippen molar-refractivity contribution < 1.29 is 17.6 Å². The molecule has 0 saturated carbocycles. The Kier molecular flexibility index (Phi) is 5.98. The number of fused-ring (bicyclic) bond motifs is 1. The summed E-state index contributed by atoms with van der Waals surface area (Å²) >= 11 is 1.29. The predicted molar refractivity (Wildman–Crippen MR) is 116 cm³/mol. The standard InChI is InChI=1S/C20H22FN5O3S2/c1-3-25(16-8-9-31(28,29)11-16)20(27)13(2)30-19-17-10-24-26(18(17)22-12-23-19)15-6-4-14(21)5-7-15/h4-7,10,12-13,16H,3,8-9,11H2,1-2H3. The van der Waals surface area contributed by atoms with Crippen LogP contribution in [-0.4, -0.2) is 68.3 Å². The van der Waals surface area contributed by atoms with E-state index in [0.717, 1.165) is 0 Å². The molecule has 4 rings (SSSR count). The highest BCUT2D eigenvalue weighted by molar-refractivity contribution is 8.00. The number of halogens is 1. The number of carbonyl (C=O) groups is 1. The van der Waals surface area contributed by atoms with E-state index >= 15 is 0 Å². The average molecular weight is 464 g/mol. The molecule has 0 radical (unpaired) electrons. The molecule has 1 aromatic carbocycles. The van der Waals surface area contributed by atoms with Crippen LogP contribution in [0.1, 0.15) is 20.3 Å². The molecule has 1 fully saturated rings. The molecule has 11 heteroatoms. The van der Waals surface area contributed by atoms with Crippen LogP contribution in [0.2, 0.25) is 0 Å². The molecule has 2 atom stereocenters. The number of aromatic nitrogens is 4. The number of thioether (sulfide) groups is 1. The number of sulfone groups is 1. The van der Waals surface area contributed by atoms with Crippen molar-refractivity contribution >= 4 is 38.5 Å². The van der Waals surface area contributed by atoms with Crippen LogP contribution in [0.25, 0.3) is 16.7 Å². The quantitative estimate of drug-likeness (QED) is 0.409. The molecule has 0 aliphatic carbocycles. The smallest absolute Gasteiger partial charge is 0.236 e. The zero-order valence-electron chi connectivity index (χ0n) is 17.1. The number of amides is 1. The maximum Gasteiger partial charge on any atom is 0.236 e. The fraction of sp³-hybridized carbons (Fsp3) is 0.400. The van der Waals surface area contributed by atoms with E-state index in [1.54, 1.807) is 34.8 Å². The highest BCUT2D eigenvalue weighted by Gasteiger charge is 2.35. The van der Waals surface area contributed by atoms with Gasteiger partial charge in [0.2, 0.25) is 5.91 Å². The third kappa shape index (κ3) is 4.42. The molecule has 1 aliphatic heterocycles. The topological polar surface area (TPSA) is 98.1 Å². The van der Waals surface area contributed by atoms with Gasteiger partial charge in [-0.25, -0.2) is 27.5 Å². The summed E-state index contributed by atoms with van der Waals surface area (Å²) in [6.45, 7) is 4.10. The number of hydrogen-bond acceptors (Lipinski definition) is 7. The molecule has 1 aliphatic rings. The van der Waals surface area contributed by atoms with Crippen molar-refractivity contribution in [3.05, 3.63) is 42.6 Å². The van der Waals surface area contributed by atoms with Gasteiger partial charge < -0.3 is 4.90 Å². The fourth-order valence-corrected chi connectivity index (χ4v) is 6.44. The molecular formula is C20H22FN5O3S2. The van der Waals surface area contributed by atoms with Crippen LogP contribution in [0.4, 0.5) is 4.39 Å². The summed E-state index contributed by atoms with van der Waals surface area (Å²) in [4.78, 5) is 23.4. The van der Waals surface area contributed by atoms with Crippen molar-refractivity contribution in [1.29, 1.82) is 0 Å². The second kappa shape index (κ2) is 8.54. The maximum absolute atomic E-state index is 13.2. The Morgan fingerprint density at radius 3 is 2.71 bits per heavy atom. The minimum atomic E-state index is -3.08. The van der Waals surface area contributed by atoms with Crippen molar-refractivity contribution in [1.82, 2.24) is 24.6 Å². The Labute approximate surface area is 183 Å². The second-order valence-corrected chi connectivity index (χ2v) is 10.9. The molecule has 2 aromatic heterocycles. The molecule has 164 valence electrons. The largest absolute Gasteiger partial charge is 0.338 e. The average Bonchev–Trinajstić information content (AvgIpc) is 3.33. The molecule has 2 unspecified atom stereocenters. The van der Waals surface area contributed by atoms with E-state index in [0.29, 0.717) is 34.7 Å². The number of rotatable bonds is 6. The van der Waals surface area contributed by atoms with E-state index in [4.69, 9.17) is 0 Å². The molecular weight excluding hydrogens is 441 g/mol. The first-order valence-corrected chi connectivity index (χ1v) is 12.6. The zero-order chi connectivity index (χ0) is 22.2. The summed E-state index contributed by atoms with van der Waals surface area (Å²) in [6.07, 6.45) is 3.51. The zero-order valence-corrected chi connectivity index (χ0v) is 18.7. The van der Waals surface area contributed by atoms with E-state index in [9.17, 15) is 17.6 Å². The minimum absolute atomic E-state index is 0.0200. The lowest BCUT2D eigenvalue weighted by atomic mass is 10.2. The van der Waals surface area contributed by atoms with Crippen molar-refractivity contribution in [3.63, 3.8) is 0 Å². The van der Waals surface area contributed by atoms with Crippen LogP contribution in [0.5, 0.6) is 0 Å². The Bertz CT molecular complexity index is 1210. The third-order valence-electron chi connectivity index (χ3n) is 5.31. The monoisotopic (exact) mass is 463 g/mol. The summed E-state index contributed by atoms with van der Waals surface area (Å²) in [5.74, 6) is -0.314. The van der Waals surface area contributed by atoms with E-state index < -0.39 is 15.1 Å². The lowest BCUT2D eigenvalue weighted by Gasteiger charge is -2.29. The van der Waals surface area contributed by atoms with Gasteiger partial charge in [0.05, 0.1) is 34.0 Å². The predicted octanol–water partition coefficient (Wildman–Crippen LogP) is 2.47. The van der Waals surface area contributed by atoms with E-state index in [2.05, 4.69) is 15.1 Å².